The molecule has 1 N–H and O–H groups in total. The lowest BCUT2D eigenvalue weighted by Gasteiger charge is -2.46. The number of nitrogens with zero attached hydrogens (tertiary/aromatic N) is 5. The van der Waals surface area contributed by atoms with Crippen molar-refractivity contribution in [2.75, 3.05) is 42.8 Å². The number of sulfone groups is 1. The van der Waals surface area contributed by atoms with Gasteiger partial charge < -0.3 is 19.7 Å². The molecule has 3 aliphatic rings. The molecule has 2 aromatic heterocycles. The predicted molar refractivity (Wildman–Crippen MR) is 133 cm³/mol. The van der Waals surface area contributed by atoms with Gasteiger partial charge in [0, 0.05) is 43.6 Å². The number of piperidine rings is 1. The van der Waals surface area contributed by atoms with Crippen molar-refractivity contribution in [1.82, 2.24) is 19.9 Å². The van der Waals surface area contributed by atoms with Crippen LogP contribution in [0.5, 0.6) is 5.88 Å². The van der Waals surface area contributed by atoms with Crippen LogP contribution in [0.1, 0.15) is 24.3 Å². The monoisotopic (exact) mass is 544 g/mol. The van der Waals surface area contributed by atoms with Crippen LogP contribution in [0.3, 0.4) is 0 Å². The Morgan fingerprint density at radius 1 is 1.05 bits per heavy atom. The molecule has 2 saturated heterocycles. The maximum absolute atomic E-state index is 15.3. The molecule has 1 aromatic carbocycles. The van der Waals surface area contributed by atoms with Crippen LogP contribution in [-0.2, 0) is 14.6 Å². The van der Waals surface area contributed by atoms with Crippen LogP contribution < -0.4 is 15.0 Å². The van der Waals surface area contributed by atoms with Crippen molar-refractivity contribution < 1.29 is 26.7 Å². The van der Waals surface area contributed by atoms with Crippen molar-refractivity contribution in [3.8, 4) is 5.88 Å². The summed E-state index contributed by atoms with van der Waals surface area (Å²) in [5.41, 5.74) is 1.04. The number of rotatable bonds is 7. The van der Waals surface area contributed by atoms with Gasteiger partial charge in [-0.25, -0.2) is 27.8 Å². The summed E-state index contributed by atoms with van der Waals surface area (Å²) in [6.07, 6.45) is 7.93. The summed E-state index contributed by atoms with van der Waals surface area (Å²) in [6, 6.07) is 3.31. The number of ether oxygens (including phenoxy) is 2. The zero-order valence-electron chi connectivity index (χ0n) is 20.5. The lowest BCUT2D eigenvalue weighted by atomic mass is 9.84. The molecule has 1 aliphatic carbocycles. The third-order valence-corrected chi connectivity index (χ3v) is 8.23. The Balaban J connectivity index is 1.17. The van der Waals surface area contributed by atoms with Crippen LogP contribution in [0.4, 0.5) is 26.2 Å². The van der Waals surface area contributed by atoms with Crippen molar-refractivity contribution in [1.29, 1.82) is 0 Å². The van der Waals surface area contributed by atoms with E-state index in [0.29, 0.717) is 38.2 Å². The molecule has 0 radical (unpaired) electrons. The van der Waals surface area contributed by atoms with Crippen molar-refractivity contribution in [2.45, 2.75) is 29.8 Å². The highest BCUT2D eigenvalue weighted by Gasteiger charge is 2.43. The molecule has 2 unspecified atom stereocenters. The Hall–Kier alpha value is -3.45. The largest absolute Gasteiger partial charge is 0.471 e. The maximum Gasteiger partial charge on any atom is 0.256 e. The van der Waals surface area contributed by atoms with Crippen LogP contribution >= 0.6 is 0 Å². The van der Waals surface area contributed by atoms with Gasteiger partial charge in [-0.15, -0.1) is 0 Å². The minimum Gasteiger partial charge on any atom is -0.471 e. The van der Waals surface area contributed by atoms with Crippen LogP contribution in [0.15, 0.2) is 41.8 Å². The highest BCUT2D eigenvalue weighted by Crippen LogP contribution is 2.40. The van der Waals surface area contributed by atoms with E-state index in [9.17, 15) is 12.8 Å². The fourth-order valence-electron chi connectivity index (χ4n) is 4.98. The molecule has 3 aromatic rings. The normalized spacial score (nSPS) is 23.2. The first-order valence-corrected chi connectivity index (χ1v) is 14.2. The third-order valence-electron chi connectivity index (χ3n) is 7.12. The summed E-state index contributed by atoms with van der Waals surface area (Å²) in [5.74, 6) is -1.17. The molecule has 6 rings (SSSR count). The molecule has 2 atom stereocenters. The predicted octanol–water partition coefficient (Wildman–Crippen LogP) is 3.10. The summed E-state index contributed by atoms with van der Waals surface area (Å²) in [4.78, 5) is 18.9. The van der Waals surface area contributed by atoms with E-state index in [2.05, 4.69) is 30.2 Å². The highest BCUT2D eigenvalue weighted by molar-refractivity contribution is 7.90. The van der Waals surface area contributed by atoms with Gasteiger partial charge in [-0.05, 0) is 42.5 Å². The number of halogens is 2. The van der Waals surface area contributed by atoms with E-state index in [0.717, 1.165) is 18.6 Å². The van der Waals surface area contributed by atoms with Gasteiger partial charge in [-0.3, -0.25) is 0 Å². The summed E-state index contributed by atoms with van der Waals surface area (Å²) >= 11 is 0. The minimum absolute atomic E-state index is 0.0686. The van der Waals surface area contributed by atoms with Crippen molar-refractivity contribution in [3.63, 3.8) is 0 Å². The molecular weight excluding hydrogens is 518 g/mol. The van der Waals surface area contributed by atoms with Gasteiger partial charge in [0.05, 0.1) is 23.8 Å². The lowest BCUT2D eigenvalue weighted by Crippen LogP contribution is -2.58. The first-order chi connectivity index (χ1) is 18.3. The zero-order valence-corrected chi connectivity index (χ0v) is 21.4. The van der Waals surface area contributed by atoms with E-state index in [1.807, 2.05) is 12.4 Å². The average Bonchev–Trinajstić information content (AvgIpc) is 3.72. The molecule has 0 spiro atoms. The fraction of sp³-hybridized carbons (Fsp3) is 0.440. The highest BCUT2D eigenvalue weighted by atomic mass is 32.2. The number of anilines is 3. The smallest absolute Gasteiger partial charge is 0.256 e. The molecule has 38 heavy (non-hydrogen) atoms. The first kappa shape index (κ1) is 24.9. The molecule has 2 aliphatic heterocycles. The van der Waals surface area contributed by atoms with E-state index >= 15 is 4.39 Å². The van der Waals surface area contributed by atoms with Gasteiger partial charge in [0.25, 0.3) is 5.88 Å². The molecular formula is C25H26F2N6O4S. The first-order valence-electron chi connectivity index (χ1n) is 12.3. The van der Waals surface area contributed by atoms with E-state index < -0.39 is 21.5 Å². The molecule has 3 fully saturated rings. The molecule has 200 valence electrons. The summed E-state index contributed by atoms with van der Waals surface area (Å²) < 4.78 is 65.0. The number of nitrogens with one attached hydrogen (secondary N) is 1. The van der Waals surface area contributed by atoms with Crippen molar-refractivity contribution in [2.24, 2.45) is 11.8 Å². The van der Waals surface area contributed by atoms with Crippen molar-refractivity contribution >= 4 is 27.3 Å². The second kappa shape index (κ2) is 9.70. The van der Waals surface area contributed by atoms with Crippen LogP contribution in [0.25, 0.3) is 0 Å². The molecule has 13 heteroatoms. The number of fused-ring (bicyclic) bond motifs is 2. The SMILES string of the molecule is CS(=O)(=O)c1ccc(Nc2ncnc(OC3C4COCC3CN(c3ncc(C5CC5)cn3)C4)c2F)c(F)c1. The quantitative estimate of drug-likeness (QED) is 0.475. The summed E-state index contributed by atoms with van der Waals surface area (Å²) in [7, 11) is -3.59. The molecule has 2 bridgehead atoms. The fourth-order valence-corrected chi connectivity index (χ4v) is 5.62. The number of hydrogen-bond donors (Lipinski definition) is 1. The summed E-state index contributed by atoms with van der Waals surface area (Å²) in [6.45, 7) is 2.04. The van der Waals surface area contributed by atoms with Gasteiger partial charge in [0.2, 0.25) is 11.8 Å². The van der Waals surface area contributed by atoms with E-state index in [-0.39, 0.29) is 40.2 Å². The van der Waals surface area contributed by atoms with Gasteiger partial charge in [-0.1, -0.05) is 0 Å². The molecule has 1 saturated carbocycles. The van der Waals surface area contributed by atoms with Gasteiger partial charge >= 0.3 is 0 Å². The Morgan fingerprint density at radius 3 is 2.39 bits per heavy atom. The Morgan fingerprint density at radius 2 is 1.76 bits per heavy atom. The lowest BCUT2D eigenvalue weighted by molar-refractivity contribution is -0.0780. The molecule has 0 amide bonds. The Bertz CT molecular complexity index is 1440. The van der Waals surface area contributed by atoms with Gasteiger partial charge in [0.1, 0.15) is 18.2 Å². The Kier molecular flexibility index (Phi) is 6.34. The maximum atomic E-state index is 15.3. The molecule has 10 nitrogen and oxygen atoms in total. The number of hydrogen-bond acceptors (Lipinski definition) is 10. The van der Waals surface area contributed by atoms with Gasteiger partial charge in [-0.2, -0.15) is 9.37 Å². The third kappa shape index (κ3) is 4.99. The second-order valence-corrected chi connectivity index (χ2v) is 12.0. The van der Waals surface area contributed by atoms with Crippen LogP contribution in [0.2, 0.25) is 0 Å². The second-order valence-electron chi connectivity index (χ2n) is 10.0. The van der Waals surface area contributed by atoms with Crippen LogP contribution in [0, 0.1) is 23.5 Å². The molecule has 4 heterocycles. The van der Waals surface area contributed by atoms with Crippen molar-refractivity contribution in [3.05, 3.63) is 54.1 Å². The standard InChI is InChI=1S/C25H26F2N6O4S/c1-38(34,35)18-4-5-20(19(26)6-18)32-23-21(27)24(31-13-30-23)37-22-16-9-33(10-17(22)12-36-11-16)25-28-7-15(8-29-25)14-2-3-14/h4-8,13-14,16-17,22H,2-3,9-12H2,1H3,(H,30,31,32). The van der Waals surface area contributed by atoms with E-state index in [4.69, 9.17) is 9.47 Å². The minimum atomic E-state index is -3.59. The zero-order chi connectivity index (χ0) is 26.4. The average molecular weight is 545 g/mol. The van der Waals surface area contributed by atoms with E-state index in [1.54, 1.807) is 0 Å². The van der Waals surface area contributed by atoms with E-state index in [1.165, 1.54) is 30.5 Å². The van der Waals surface area contributed by atoms with Crippen LogP contribution in [-0.4, -0.2) is 67.0 Å². The van der Waals surface area contributed by atoms with Gasteiger partial charge in [0.15, 0.2) is 15.7 Å². The number of aromatic nitrogens is 4. The summed E-state index contributed by atoms with van der Waals surface area (Å²) in [5, 5.41) is 2.57. The topological polar surface area (TPSA) is 119 Å². The number of benzene rings is 1. The Labute approximate surface area is 218 Å².